The Morgan fingerprint density at radius 3 is 2.58 bits per heavy atom. The summed E-state index contributed by atoms with van der Waals surface area (Å²) >= 11 is 1.54. The molecule has 0 radical (unpaired) electrons. The van der Waals surface area contributed by atoms with Crippen molar-refractivity contribution in [3.8, 4) is 0 Å². The Kier molecular flexibility index (Phi) is 4.98. The molecule has 1 amide bonds. The van der Waals surface area contributed by atoms with Gasteiger partial charge in [0.25, 0.3) is 0 Å². The summed E-state index contributed by atoms with van der Waals surface area (Å²) in [6.45, 7) is 13.3. The number of amides is 1. The van der Waals surface area contributed by atoms with Crippen LogP contribution in [0.2, 0.25) is 18.1 Å². The summed E-state index contributed by atoms with van der Waals surface area (Å²) in [5.41, 5.74) is 1.92. The van der Waals surface area contributed by atoms with Gasteiger partial charge in [0.2, 0.25) is 5.91 Å². The van der Waals surface area contributed by atoms with E-state index in [0.29, 0.717) is 12.4 Å². The lowest BCUT2D eigenvalue weighted by Crippen LogP contribution is -2.40. The number of rotatable bonds is 3. The van der Waals surface area contributed by atoms with Crippen molar-refractivity contribution in [2.24, 2.45) is 0 Å². The summed E-state index contributed by atoms with van der Waals surface area (Å²) in [6.07, 6.45) is 3.27. The van der Waals surface area contributed by atoms with Crippen molar-refractivity contribution in [1.29, 1.82) is 0 Å². The predicted molar refractivity (Wildman–Crippen MR) is 107 cm³/mol. The molecule has 1 aromatic heterocycles. The molecule has 0 unspecified atom stereocenters. The number of nitrogens with zero attached hydrogens (tertiary/aromatic N) is 3. The Morgan fingerprint density at radius 1 is 1.23 bits per heavy atom. The third kappa shape index (κ3) is 3.56. The molecule has 0 saturated heterocycles. The maximum absolute atomic E-state index is 12.3. The molecule has 0 spiro atoms. The fourth-order valence-corrected chi connectivity index (χ4v) is 4.38. The largest absolute Gasteiger partial charge is 0.413 e. The number of carbonyl (C=O) groups is 1. The van der Waals surface area contributed by atoms with E-state index >= 15 is 0 Å². The van der Waals surface area contributed by atoms with Crippen molar-refractivity contribution >= 4 is 37.5 Å². The first kappa shape index (κ1) is 19.1. The average Bonchev–Trinajstić information content (AvgIpc) is 2.56. The summed E-state index contributed by atoms with van der Waals surface area (Å²) in [6, 6.07) is 6.14. The molecule has 1 aromatic carbocycles. The Bertz CT molecular complexity index is 849. The smallest absolute Gasteiger partial charge is 0.229 e. The summed E-state index contributed by atoms with van der Waals surface area (Å²) in [4.78, 5) is 23.7. The van der Waals surface area contributed by atoms with Gasteiger partial charge in [0, 0.05) is 24.2 Å². The molecule has 1 aliphatic heterocycles. The molecular weight excluding hydrogens is 362 g/mol. The monoisotopic (exact) mass is 387 g/mol. The quantitative estimate of drug-likeness (QED) is 0.682. The van der Waals surface area contributed by atoms with Crippen LogP contribution < -0.4 is 4.90 Å². The van der Waals surface area contributed by atoms with Crippen LogP contribution in [-0.4, -0.2) is 24.2 Å². The highest BCUT2D eigenvalue weighted by Crippen LogP contribution is 2.46. The van der Waals surface area contributed by atoms with Gasteiger partial charge in [-0.25, -0.2) is 9.97 Å². The zero-order valence-corrected chi connectivity index (χ0v) is 18.0. The van der Waals surface area contributed by atoms with Crippen molar-refractivity contribution in [3.63, 3.8) is 0 Å². The van der Waals surface area contributed by atoms with E-state index in [2.05, 4.69) is 49.9 Å². The Labute approximate surface area is 160 Å². The summed E-state index contributed by atoms with van der Waals surface area (Å²) in [7, 11) is -1.83. The van der Waals surface area contributed by atoms with Gasteiger partial charge in [-0.2, -0.15) is 0 Å². The minimum Gasteiger partial charge on any atom is -0.413 e. The second-order valence-electron chi connectivity index (χ2n) is 7.99. The standard InChI is InChI=1S/C19H25N3O2SSi/c1-13(23)22-15-11-14(12-24-26(5,6)19(2,3)4)7-8-16(15)25-18-17(22)20-9-10-21-18/h7-11H,12H2,1-6H3. The van der Waals surface area contributed by atoms with Gasteiger partial charge in [0.05, 0.1) is 12.3 Å². The zero-order chi connectivity index (χ0) is 19.1. The van der Waals surface area contributed by atoms with Crippen molar-refractivity contribution in [2.75, 3.05) is 4.90 Å². The number of carbonyl (C=O) groups excluding carboxylic acids is 1. The summed E-state index contributed by atoms with van der Waals surface area (Å²) in [5.74, 6) is 0.524. The topological polar surface area (TPSA) is 55.3 Å². The van der Waals surface area contributed by atoms with Crippen molar-refractivity contribution in [1.82, 2.24) is 9.97 Å². The maximum atomic E-state index is 12.3. The highest BCUT2D eigenvalue weighted by molar-refractivity contribution is 7.99. The molecule has 0 aliphatic carbocycles. The van der Waals surface area contributed by atoms with E-state index in [4.69, 9.17) is 4.43 Å². The number of hydrogen-bond acceptors (Lipinski definition) is 5. The molecule has 0 N–H and O–H groups in total. The molecule has 5 nitrogen and oxygen atoms in total. The number of hydrogen-bond donors (Lipinski definition) is 0. The molecule has 0 fully saturated rings. The maximum Gasteiger partial charge on any atom is 0.229 e. The van der Waals surface area contributed by atoms with Crippen LogP contribution in [-0.2, 0) is 15.8 Å². The van der Waals surface area contributed by atoms with Gasteiger partial charge in [-0.1, -0.05) is 38.6 Å². The lowest BCUT2D eigenvalue weighted by atomic mass is 10.2. The van der Waals surface area contributed by atoms with Gasteiger partial charge in [-0.05, 0) is 35.8 Å². The first-order valence-electron chi connectivity index (χ1n) is 8.66. The van der Waals surface area contributed by atoms with E-state index in [1.165, 1.54) is 0 Å². The number of anilines is 2. The highest BCUT2D eigenvalue weighted by Gasteiger charge is 2.37. The van der Waals surface area contributed by atoms with Gasteiger partial charge in [0.15, 0.2) is 14.1 Å². The Hall–Kier alpha value is -1.70. The Balaban J connectivity index is 1.91. The lowest BCUT2D eigenvalue weighted by molar-refractivity contribution is -0.115. The van der Waals surface area contributed by atoms with Crippen molar-refractivity contribution in [2.45, 2.75) is 62.4 Å². The Morgan fingerprint density at radius 2 is 1.92 bits per heavy atom. The fourth-order valence-electron chi connectivity index (χ4n) is 2.47. The second-order valence-corrected chi connectivity index (χ2v) is 13.8. The fraction of sp³-hybridized carbons (Fsp3) is 0.421. The van der Waals surface area contributed by atoms with Crippen LogP contribution >= 0.6 is 11.8 Å². The SMILES string of the molecule is CC(=O)N1c2cc(CO[Si](C)(C)C(C)(C)C)ccc2Sc2nccnc21. The summed E-state index contributed by atoms with van der Waals surface area (Å²) < 4.78 is 6.34. The highest BCUT2D eigenvalue weighted by atomic mass is 32.2. The third-order valence-corrected chi connectivity index (χ3v) is 10.6. The van der Waals surface area contributed by atoms with E-state index in [9.17, 15) is 4.79 Å². The zero-order valence-electron chi connectivity index (χ0n) is 16.2. The van der Waals surface area contributed by atoms with Crippen LogP contribution in [0.3, 0.4) is 0 Å². The van der Waals surface area contributed by atoms with E-state index in [-0.39, 0.29) is 10.9 Å². The lowest BCUT2D eigenvalue weighted by Gasteiger charge is -2.36. The van der Waals surface area contributed by atoms with Gasteiger partial charge >= 0.3 is 0 Å². The van der Waals surface area contributed by atoms with Crippen LogP contribution in [0.15, 0.2) is 40.5 Å². The normalized spacial score (nSPS) is 14.0. The molecular formula is C19H25N3O2SSi. The molecule has 0 bridgehead atoms. The molecule has 7 heteroatoms. The van der Waals surface area contributed by atoms with E-state index in [1.54, 1.807) is 36.0 Å². The number of benzene rings is 1. The van der Waals surface area contributed by atoms with Gasteiger partial charge in [-0.15, -0.1) is 0 Å². The third-order valence-electron chi connectivity index (χ3n) is 5.05. The van der Waals surface area contributed by atoms with E-state index in [0.717, 1.165) is 21.2 Å². The van der Waals surface area contributed by atoms with Crippen LogP contribution in [0.25, 0.3) is 0 Å². The minimum absolute atomic E-state index is 0.0734. The van der Waals surface area contributed by atoms with E-state index in [1.807, 2.05) is 12.1 Å². The molecule has 0 saturated carbocycles. The van der Waals surface area contributed by atoms with Crippen LogP contribution in [0.4, 0.5) is 11.5 Å². The molecule has 0 atom stereocenters. The van der Waals surface area contributed by atoms with Crippen LogP contribution in [0.5, 0.6) is 0 Å². The molecule has 3 rings (SSSR count). The number of fused-ring (bicyclic) bond motifs is 2. The van der Waals surface area contributed by atoms with Crippen molar-refractivity contribution < 1.29 is 9.22 Å². The molecule has 2 aromatic rings. The van der Waals surface area contributed by atoms with Gasteiger partial charge in [-0.3, -0.25) is 9.69 Å². The molecule has 26 heavy (non-hydrogen) atoms. The van der Waals surface area contributed by atoms with Gasteiger partial charge < -0.3 is 4.43 Å². The van der Waals surface area contributed by atoms with E-state index < -0.39 is 8.32 Å². The second kappa shape index (κ2) is 6.79. The number of aromatic nitrogens is 2. The molecule has 138 valence electrons. The first-order chi connectivity index (χ1) is 12.1. The molecule has 1 aliphatic rings. The van der Waals surface area contributed by atoms with Crippen LogP contribution in [0.1, 0.15) is 33.3 Å². The minimum atomic E-state index is -1.83. The van der Waals surface area contributed by atoms with Crippen molar-refractivity contribution in [3.05, 3.63) is 36.2 Å². The van der Waals surface area contributed by atoms with Gasteiger partial charge in [0.1, 0.15) is 5.03 Å². The molecule has 2 heterocycles. The predicted octanol–water partition coefficient (Wildman–Crippen LogP) is 5.15. The average molecular weight is 388 g/mol. The first-order valence-corrected chi connectivity index (χ1v) is 12.4. The summed E-state index contributed by atoms with van der Waals surface area (Å²) in [5, 5.41) is 0.914. The van der Waals surface area contributed by atoms with Crippen LogP contribution in [0, 0.1) is 0 Å².